The van der Waals surface area contributed by atoms with Gasteiger partial charge < -0.3 is 14.8 Å². The minimum absolute atomic E-state index is 0.331. The van der Waals surface area contributed by atoms with E-state index in [0.29, 0.717) is 39.7 Å². The summed E-state index contributed by atoms with van der Waals surface area (Å²) in [5.74, 6) is 1.31. The van der Waals surface area contributed by atoms with Gasteiger partial charge in [-0.2, -0.15) is 0 Å². The molecule has 146 valence electrons. The lowest BCUT2D eigenvalue weighted by Gasteiger charge is -2.18. The summed E-state index contributed by atoms with van der Waals surface area (Å²) in [5, 5.41) is 5.07. The van der Waals surface area contributed by atoms with Gasteiger partial charge in [0.1, 0.15) is 6.61 Å². The molecular formula is C21H17BrCl3NO2. The summed E-state index contributed by atoms with van der Waals surface area (Å²) < 4.78 is 12.5. The number of ether oxygens (including phenoxy) is 2. The van der Waals surface area contributed by atoms with Gasteiger partial charge in [-0.25, -0.2) is 0 Å². The Labute approximate surface area is 187 Å². The molecule has 1 N–H and O–H groups in total. The fourth-order valence-corrected chi connectivity index (χ4v) is 3.51. The molecule has 0 atom stereocenters. The van der Waals surface area contributed by atoms with E-state index >= 15 is 0 Å². The first-order valence-corrected chi connectivity index (χ1v) is 10.3. The predicted octanol–water partition coefficient (Wildman–Crippen LogP) is 7.61. The van der Waals surface area contributed by atoms with Crippen LogP contribution in [0, 0.1) is 0 Å². The summed E-state index contributed by atoms with van der Waals surface area (Å²) in [5.41, 5.74) is 2.80. The maximum Gasteiger partial charge on any atom is 0.167 e. The second-order valence-electron chi connectivity index (χ2n) is 5.95. The fraction of sp³-hybridized carbons (Fsp3) is 0.143. The number of hydrogen-bond donors (Lipinski definition) is 1. The van der Waals surface area contributed by atoms with Crippen molar-refractivity contribution in [1.29, 1.82) is 0 Å². The molecule has 0 unspecified atom stereocenters. The van der Waals surface area contributed by atoms with Crippen LogP contribution in [0.15, 0.2) is 59.1 Å². The lowest BCUT2D eigenvalue weighted by Crippen LogP contribution is -2.06. The molecule has 0 heterocycles. The largest absolute Gasteiger partial charge is 0.493 e. The lowest BCUT2D eigenvalue weighted by molar-refractivity contribution is 0.281. The average Bonchev–Trinajstić information content (AvgIpc) is 2.69. The van der Waals surface area contributed by atoms with E-state index in [1.165, 1.54) is 0 Å². The predicted molar refractivity (Wildman–Crippen MR) is 120 cm³/mol. The molecule has 3 rings (SSSR count). The molecule has 0 aliphatic rings. The maximum atomic E-state index is 6.11. The van der Waals surface area contributed by atoms with Crippen LogP contribution in [0.4, 0.5) is 5.69 Å². The molecule has 0 spiro atoms. The number of benzene rings is 3. The van der Waals surface area contributed by atoms with Gasteiger partial charge in [0.15, 0.2) is 11.5 Å². The van der Waals surface area contributed by atoms with Gasteiger partial charge >= 0.3 is 0 Å². The number of anilines is 1. The number of nitrogens with one attached hydrogen (secondary N) is 1. The topological polar surface area (TPSA) is 30.5 Å². The highest BCUT2D eigenvalue weighted by Gasteiger charge is 2.15. The Morgan fingerprint density at radius 2 is 1.68 bits per heavy atom. The van der Waals surface area contributed by atoms with E-state index in [2.05, 4.69) is 21.2 Å². The Morgan fingerprint density at radius 1 is 0.929 bits per heavy atom. The van der Waals surface area contributed by atoms with E-state index in [1.54, 1.807) is 19.2 Å². The highest BCUT2D eigenvalue weighted by atomic mass is 79.9. The molecule has 0 saturated carbocycles. The standard InChI is InChI=1S/C21H17BrCl3NO2/c1-27-20-9-7-17(22)16(11-26-15-5-3-14(23)4-6-15)21(20)28-12-13-2-8-18(24)19(25)10-13/h2-10,26H,11-12H2,1H3. The number of hydrogen-bond acceptors (Lipinski definition) is 3. The van der Waals surface area contributed by atoms with E-state index in [-0.39, 0.29) is 0 Å². The average molecular weight is 502 g/mol. The van der Waals surface area contributed by atoms with E-state index in [1.807, 2.05) is 42.5 Å². The van der Waals surface area contributed by atoms with Gasteiger partial charge in [0.25, 0.3) is 0 Å². The van der Waals surface area contributed by atoms with E-state index in [0.717, 1.165) is 21.3 Å². The minimum atomic E-state index is 0.331. The van der Waals surface area contributed by atoms with Crippen molar-refractivity contribution in [2.45, 2.75) is 13.2 Å². The van der Waals surface area contributed by atoms with Crippen molar-refractivity contribution in [3.05, 3.63) is 85.3 Å². The van der Waals surface area contributed by atoms with Crippen LogP contribution in [-0.4, -0.2) is 7.11 Å². The summed E-state index contributed by atoms with van der Waals surface area (Å²) in [4.78, 5) is 0. The zero-order valence-electron chi connectivity index (χ0n) is 14.9. The monoisotopic (exact) mass is 499 g/mol. The van der Waals surface area contributed by atoms with Crippen molar-refractivity contribution in [3.63, 3.8) is 0 Å². The van der Waals surface area contributed by atoms with Gasteiger partial charge in [-0.1, -0.05) is 56.8 Å². The number of methoxy groups -OCH3 is 1. The van der Waals surface area contributed by atoms with Gasteiger partial charge in [0.2, 0.25) is 0 Å². The second kappa shape index (κ2) is 9.75. The molecule has 0 aliphatic heterocycles. The number of halogens is 4. The van der Waals surface area contributed by atoms with E-state index in [9.17, 15) is 0 Å². The van der Waals surface area contributed by atoms with Crippen molar-refractivity contribution in [1.82, 2.24) is 0 Å². The Hall–Kier alpha value is -1.59. The molecule has 0 aliphatic carbocycles. The summed E-state index contributed by atoms with van der Waals surface area (Å²) >= 11 is 21.6. The highest BCUT2D eigenvalue weighted by molar-refractivity contribution is 9.10. The molecule has 3 aromatic rings. The lowest BCUT2D eigenvalue weighted by atomic mass is 10.1. The summed E-state index contributed by atoms with van der Waals surface area (Å²) in [6.07, 6.45) is 0. The second-order valence-corrected chi connectivity index (χ2v) is 8.06. The van der Waals surface area contributed by atoms with Crippen molar-refractivity contribution >= 4 is 56.4 Å². The van der Waals surface area contributed by atoms with Gasteiger partial charge in [0, 0.05) is 27.3 Å². The van der Waals surface area contributed by atoms with Crippen LogP contribution in [0.25, 0.3) is 0 Å². The fourth-order valence-electron chi connectivity index (χ4n) is 2.61. The zero-order chi connectivity index (χ0) is 20.1. The number of rotatable bonds is 7. The van der Waals surface area contributed by atoms with Crippen molar-refractivity contribution in [2.24, 2.45) is 0 Å². The Morgan fingerprint density at radius 3 is 2.36 bits per heavy atom. The minimum Gasteiger partial charge on any atom is -0.493 e. The molecule has 0 amide bonds. The van der Waals surface area contributed by atoms with Crippen molar-refractivity contribution in [3.8, 4) is 11.5 Å². The van der Waals surface area contributed by atoms with E-state index in [4.69, 9.17) is 44.3 Å². The van der Waals surface area contributed by atoms with Gasteiger partial charge in [-0.05, 0) is 54.1 Å². The Bertz CT molecular complexity index is 965. The van der Waals surface area contributed by atoms with Gasteiger partial charge in [0.05, 0.1) is 17.2 Å². The first kappa shape index (κ1) is 21.1. The molecule has 0 bridgehead atoms. The van der Waals surface area contributed by atoms with Crippen LogP contribution >= 0.6 is 50.7 Å². The van der Waals surface area contributed by atoms with Crippen LogP contribution in [0.2, 0.25) is 15.1 Å². The van der Waals surface area contributed by atoms with Crippen molar-refractivity contribution < 1.29 is 9.47 Å². The molecule has 3 nitrogen and oxygen atoms in total. The SMILES string of the molecule is COc1ccc(Br)c(CNc2ccc(Cl)cc2)c1OCc1ccc(Cl)c(Cl)c1. The molecule has 0 aromatic heterocycles. The van der Waals surface area contributed by atoms with Crippen LogP contribution in [-0.2, 0) is 13.2 Å². The molecule has 0 saturated heterocycles. The van der Waals surface area contributed by atoms with Crippen LogP contribution in [0.5, 0.6) is 11.5 Å². The van der Waals surface area contributed by atoms with Crippen LogP contribution in [0.3, 0.4) is 0 Å². The van der Waals surface area contributed by atoms with E-state index < -0.39 is 0 Å². The Kier molecular flexibility index (Phi) is 7.36. The molecule has 28 heavy (non-hydrogen) atoms. The maximum absolute atomic E-state index is 6.11. The Balaban J connectivity index is 1.82. The zero-order valence-corrected chi connectivity index (χ0v) is 18.8. The molecule has 0 radical (unpaired) electrons. The van der Waals surface area contributed by atoms with Crippen molar-refractivity contribution in [2.75, 3.05) is 12.4 Å². The molecule has 3 aromatic carbocycles. The third-order valence-corrected chi connectivity index (χ3v) is 5.80. The third-order valence-electron chi connectivity index (χ3n) is 4.07. The molecule has 7 heteroatoms. The summed E-state index contributed by atoms with van der Waals surface area (Å²) in [7, 11) is 1.62. The van der Waals surface area contributed by atoms with Gasteiger partial charge in [-0.15, -0.1) is 0 Å². The molecule has 0 fully saturated rings. The molecular weight excluding hydrogens is 484 g/mol. The first-order chi connectivity index (χ1) is 13.5. The first-order valence-electron chi connectivity index (χ1n) is 8.39. The van der Waals surface area contributed by atoms with Crippen LogP contribution < -0.4 is 14.8 Å². The summed E-state index contributed by atoms with van der Waals surface area (Å²) in [6.45, 7) is 0.869. The quantitative estimate of drug-likeness (QED) is 0.361. The smallest absolute Gasteiger partial charge is 0.167 e. The normalized spacial score (nSPS) is 10.6. The third kappa shape index (κ3) is 5.26. The van der Waals surface area contributed by atoms with Crippen LogP contribution in [0.1, 0.15) is 11.1 Å². The summed E-state index contributed by atoms with van der Waals surface area (Å²) in [6, 6.07) is 16.7. The van der Waals surface area contributed by atoms with Gasteiger partial charge in [-0.3, -0.25) is 0 Å². The highest BCUT2D eigenvalue weighted by Crippen LogP contribution is 2.37.